The zero-order chi connectivity index (χ0) is 15.1. The molecule has 0 bridgehead atoms. The van der Waals surface area contributed by atoms with Gasteiger partial charge in [-0.25, -0.2) is 4.79 Å². The standard InChI is InChI=1S/C15H22N2O3/c1-4-20-15(19)11-7-5-6-8-13(11)17-14(18)9-12(16)10(2)3/h5-8,10,12H,4,9,16H2,1-3H3,(H,17,18). The van der Waals surface area contributed by atoms with E-state index < -0.39 is 5.97 Å². The molecule has 20 heavy (non-hydrogen) atoms. The maximum atomic E-state index is 11.9. The third kappa shape index (κ3) is 4.66. The van der Waals surface area contributed by atoms with Gasteiger partial charge in [0.05, 0.1) is 17.9 Å². The van der Waals surface area contributed by atoms with Gasteiger partial charge in [0.2, 0.25) is 5.91 Å². The molecule has 110 valence electrons. The van der Waals surface area contributed by atoms with Crippen molar-refractivity contribution in [3.63, 3.8) is 0 Å². The van der Waals surface area contributed by atoms with E-state index in [4.69, 9.17) is 10.5 Å². The molecule has 1 amide bonds. The minimum Gasteiger partial charge on any atom is -0.462 e. The van der Waals surface area contributed by atoms with Crippen LogP contribution in [-0.2, 0) is 9.53 Å². The predicted octanol–water partition coefficient (Wildman–Crippen LogP) is 2.18. The summed E-state index contributed by atoms with van der Waals surface area (Å²) in [5.41, 5.74) is 6.66. The molecule has 1 unspecified atom stereocenters. The highest BCUT2D eigenvalue weighted by atomic mass is 16.5. The van der Waals surface area contributed by atoms with Crippen LogP contribution in [-0.4, -0.2) is 24.5 Å². The molecular formula is C15H22N2O3. The quantitative estimate of drug-likeness (QED) is 0.781. The van der Waals surface area contributed by atoms with Crippen LogP contribution in [0.3, 0.4) is 0 Å². The van der Waals surface area contributed by atoms with Crippen molar-refractivity contribution in [1.29, 1.82) is 0 Å². The molecule has 0 aliphatic carbocycles. The van der Waals surface area contributed by atoms with Crippen LogP contribution in [0, 0.1) is 5.92 Å². The summed E-state index contributed by atoms with van der Waals surface area (Å²) in [4.78, 5) is 23.7. The van der Waals surface area contributed by atoms with Gasteiger partial charge in [-0.2, -0.15) is 0 Å². The third-order valence-electron chi connectivity index (χ3n) is 2.97. The van der Waals surface area contributed by atoms with Crippen molar-refractivity contribution < 1.29 is 14.3 Å². The van der Waals surface area contributed by atoms with E-state index in [1.807, 2.05) is 13.8 Å². The number of carbonyl (C=O) groups excluding carboxylic acids is 2. The fourth-order valence-electron chi connectivity index (χ4n) is 1.63. The number of hydrogen-bond donors (Lipinski definition) is 2. The van der Waals surface area contributed by atoms with E-state index >= 15 is 0 Å². The number of nitrogens with two attached hydrogens (primary N) is 1. The highest BCUT2D eigenvalue weighted by molar-refractivity contribution is 6.01. The van der Waals surface area contributed by atoms with Gasteiger partial charge < -0.3 is 15.8 Å². The van der Waals surface area contributed by atoms with E-state index in [2.05, 4.69) is 5.32 Å². The molecule has 0 aliphatic heterocycles. The van der Waals surface area contributed by atoms with Crippen molar-refractivity contribution >= 4 is 17.6 Å². The summed E-state index contributed by atoms with van der Waals surface area (Å²) >= 11 is 0. The Kier molecular flexibility index (Phi) is 6.18. The smallest absolute Gasteiger partial charge is 0.340 e. The fraction of sp³-hybridized carbons (Fsp3) is 0.467. The van der Waals surface area contributed by atoms with Crippen molar-refractivity contribution in [2.75, 3.05) is 11.9 Å². The number of rotatable bonds is 6. The van der Waals surface area contributed by atoms with Crippen LogP contribution < -0.4 is 11.1 Å². The second kappa shape index (κ2) is 7.65. The Morgan fingerprint density at radius 3 is 2.55 bits per heavy atom. The lowest BCUT2D eigenvalue weighted by atomic mass is 10.0. The highest BCUT2D eigenvalue weighted by Crippen LogP contribution is 2.17. The van der Waals surface area contributed by atoms with Gasteiger partial charge in [0.1, 0.15) is 0 Å². The largest absolute Gasteiger partial charge is 0.462 e. The van der Waals surface area contributed by atoms with Crippen molar-refractivity contribution in [3.8, 4) is 0 Å². The average molecular weight is 278 g/mol. The van der Waals surface area contributed by atoms with Crippen LogP contribution in [0.2, 0.25) is 0 Å². The summed E-state index contributed by atoms with van der Waals surface area (Å²) in [5, 5.41) is 2.72. The summed E-state index contributed by atoms with van der Waals surface area (Å²) in [6.07, 6.45) is 0.217. The number of esters is 1. The van der Waals surface area contributed by atoms with Gasteiger partial charge in [-0.05, 0) is 25.0 Å². The number of ether oxygens (including phenoxy) is 1. The summed E-state index contributed by atoms with van der Waals surface area (Å²) in [5.74, 6) is -0.430. The second-order valence-electron chi connectivity index (χ2n) is 4.93. The van der Waals surface area contributed by atoms with Crippen LogP contribution in [0.1, 0.15) is 37.6 Å². The molecule has 0 saturated carbocycles. The molecule has 1 aromatic carbocycles. The number of carbonyl (C=O) groups is 2. The number of para-hydroxylation sites is 1. The molecule has 5 nitrogen and oxygen atoms in total. The lowest BCUT2D eigenvalue weighted by molar-refractivity contribution is -0.116. The molecule has 0 saturated heterocycles. The Balaban J connectivity index is 2.77. The molecule has 5 heteroatoms. The number of anilines is 1. The SMILES string of the molecule is CCOC(=O)c1ccccc1NC(=O)CC(N)C(C)C. The average Bonchev–Trinajstić information content (AvgIpc) is 2.39. The van der Waals surface area contributed by atoms with Gasteiger partial charge in [0.25, 0.3) is 0 Å². The molecule has 0 radical (unpaired) electrons. The Bertz CT molecular complexity index is 472. The van der Waals surface area contributed by atoms with E-state index in [0.29, 0.717) is 17.9 Å². The van der Waals surface area contributed by atoms with Gasteiger partial charge in [-0.15, -0.1) is 0 Å². The first-order valence-electron chi connectivity index (χ1n) is 6.77. The number of nitrogens with one attached hydrogen (secondary N) is 1. The van der Waals surface area contributed by atoms with Crippen LogP contribution in [0.15, 0.2) is 24.3 Å². The van der Waals surface area contributed by atoms with Crippen molar-refractivity contribution in [1.82, 2.24) is 0 Å². The lowest BCUT2D eigenvalue weighted by Gasteiger charge is -2.16. The van der Waals surface area contributed by atoms with E-state index in [9.17, 15) is 9.59 Å². The first kappa shape index (κ1) is 16.2. The third-order valence-corrected chi connectivity index (χ3v) is 2.97. The van der Waals surface area contributed by atoms with Gasteiger partial charge in [-0.1, -0.05) is 26.0 Å². The molecule has 1 atom stereocenters. The minimum absolute atomic E-state index is 0.204. The Morgan fingerprint density at radius 2 is 1.95 bits per heavy atom. The summed E-state index contributed by atoms with van der Waals surface area (Å²) < 4.78 is 4.95. The molecule has 0 spiro atoms. The zero-order valence-corrected chi connectivity index (χ0v) is 12.2. The number of amides is 1. The van der Waals surface area contributed by atoms with Gasteiger partial charge >= 0.3 is 5.97 Å². The summed E-state index contributed by atoms with van der Waals surface area (Å²) in [7, 11) is 0. The van der Waals surface area contributed by atoms with E-state index in [1.165, 1.54) is 0 Å². The van der Waals surface area contributed by atoms with Crippen molar-refractivity contribution in [2.45, 2.75) is 33.2 Å². The van der Waals surface area contributed by atoms with E-state index in [-0.39, 0.29) is 24.3 Å². The maximum absolute atomic E-state index is 11.9. The van der Waals surface area contributed by atoms with Gasteiger partial charge in [-0.3, -0.25) is 4.79 Å². The molecule has 3 N–H and O–H groups in total. The first-order valence-corrected chi connectivity index (χ1v) is 6.77. The van der Waals surface area contributed by atoms with Crippen LogP contribution >= 0.6 is 0 Å². The molecule has 0 aliphatic rings. The lowest BCUT2D eigenvalue weighted by Crippen LogP contribution is -2.31. The van der Waals surface area contributed by atoms with E-state index in [0.717, 1.165) is 0 Å². The topological polar surface area (TPSA) is 81.4 Å². The molecule has 1 rings (SSSR count). The molecule has 0 fully saturated rings. The van der Waals surface area contributed by atoms with E-state index in [1.54, 1.807) is 31.2 Å². The van der Waals surface area contributed by atoms with Crippen LogP contribution in [0.4, 0.5) is 5.69 Å². The van der Waals surface area contributed by atoms with Crippen LogP contribution in [0.25, 0.3) is 0 Å². The zero-order valence-electron chi connectivity index (χ0n) is 12.2. The van der Waals surface area contributed by atoms with Gasteiger partial charge in [0, 0.05) is 12.5 Å². The fourth-order valence-corrected chi connectivity index (χ4v) is 1.63. The molecule has 1 aromatic rings. The first-order chi connectivity index (χ1) is 9.45. The van der Waals surface area contributed by atoms with Crippen LogP contribution in [0.5, 0.6) is 0 Å². The van der Waals surface area contributed by atoms with Gasteiger partial charge in [0.15, 0.2) is 0 Å². The Morgan fingerprint density at radius 1 is 1.30 bits per heavy atom. The number of benzene rings is 1. The Labute approximate surface area is 119 Å². The second-order valence-corrected chi connectivity index (χ2v) is 4.93. The van der Waals surface area contributed by atoms with Crippen molar-refractivity contribution in [2.24, 2.45) is 11.7 Å². The summed E-state index contributed by atoms with van der Waals surface area (Å²) in [6.45, 7) is 5.95. The monoisotopic (exact) mass is 278 g/mol. The normalized spacial score (nSPS) is 12.1. The summed E-state index contributed by atoms with van der Waals surface area (Å²) in [6, 6.07) is 6.56. The molecule has 0 aromatic heterocycles. The number of hydrogen-bond acceptors (Lipinski definition) is 4. The molecular weight excluding hydrogens is 256 g/mol. The maximum Gasteiger partial charge on any atom is 0.340 e. The minimum atomic E-state index is -0.448. The predicted molar refractivity (Wildman–Crippen MR) is 78.5 cm³/mol. The van der Waals surface area contributed by atoms with Crippen molar-refractivity contribution in [3.05, 3.63) is 29.8 Å². The molecule has 0 heterocycles. The highest BCUT2D eigenvalue weighted by Gasteiger charge is 2.16. The Hall–Kier alpha value is -1.88.